The quantitative estimate of drug-likeness (QED) is 0.811. The lowest BCUT2D eigenvalue weighted by Crippen LogP contribution is -2.35. The number of carbonyl (C=O) groups excluding carboxylic acids is 1. The minimum Gasteiger partial charge on any atom is -0.478 e. The maximum Gasteiger partial charge on any atom is 0.337 e. The fourth-order valence-corrected chi connectivity index (χ4v) is 3.58. The van der Waals surface area contributed by atoms with Gasteiger partial charge in [-0.05, 0) is 40.0 Å². The molecule has 6 nitrogen and oxygen atoms in total. The maximum absolute atomic E-state index is 12.5. The Balaban J connectivity index is 1.84. The van der Waals surface area contributed by atoms with Crippen molar-refractivity contribution in [2.24, 2.45) is 0 Å². The van der Waals surface area contributed by atoms with Crippen molar-refractivity contribution < 1.29 is 14.7 Å². The first-order valence-corrected chi connectivity index (χ1v) is 7.47. The molecular formula is C15H10BrN3O3. The number of anilines is 1. The highest BCUT2D eigenvalue weighted by atomic mass is 79.9. The number of pyridine rings is 2. The second-order valence-corrected chi connectivity index (χ2v) is 6.49. The van der Waals surface area contributed by atoms with E-state index < -0.39 is 11.4 Å². The Labute approximate surface area is 133 Å². The van der Waals surface area contributed by atoms with Crippen LogP contribution in [0.5, 0.6) is 0 Å². The molecule has 110 valence electrons. The molecule has 0 aromatic carbocycles. The van der Waals surface area contributed by atoms with Crippen LogP contribution >= 0.6 is 15.9 Å². The molecule has 1 amide bonds. The van der Waals surface area contributed by atoms with Crippen molar-refractivity contribution in [1.29, 1.82) is 0 Å². The molecule has 4 rings (SSSR count). The Hall–Kier alpha value is -2.28. The van der Waals surface area contributed by atoms with Gasteiger partial charge in [-0.2, -0.15) is 0 Å². The number of fused-ring (bicyclic) bond motifs is 3. The van der Waals surface area contributed by atoms with Gasteiger partial charge in [-0.1, -0.05) is 0 Å². The van der Waals surface area contributed by atoms with Crippen molar-refractivity contribution >= 4 is 33.6 Å². The average Bonchev–Trinajstić information content (AvgIpc) is 2.99. The summed E-state index contributed by atoms with van der Waals surface area (Å²) >= 11 is 3.39. The number of hydrogen-bond acceptors (Lipinski definition) is 4. The van der Waals surface area contributed by atoms with Crippen LogP contribution < -0.4 is 5.32 Å². The van der Waals surface area contributed by atoms with E-state index in [1.807, 2.05) is 6.07 Å². The minimum absolute atomic E-state index is 0.108. The number of aromatic carboxylic acids is 1. The van der Waals surface area contributed by atoms with Crippen LogP contribution in [0.15, 0.2) is 29.0 Å². The zero-order valence-corrected chi connectivity index (χ0v) is 12.8. The summed E-state index contributed by atoms with van der Waals surface area (Å²) < 4.78 is 0.803. The lowest BCUT2D eigenvalue weighted by atomic mass is 9.80. The van der Waals surface area contributed by atoms with Crippen molar-refractivity contribution in [1.82, 2.24) is 9.97 Å². The number of carboxylic acid groups (broad SMARTS) is 1. The van der Waals surface area contributed by atoms with Gasteiger partial charge >= 0.3 is 5.97 Å². The van der Waals surface area contributed by atoms with E-state index in [0.29, 0.717) is 18.7 Å². The number of carboxylic acids is 1. The van der Waals surface area contributed by atoms with Crippen LogP contribution in [0.2, 0.25) is 0 Å². The van der Waals surface area contributed by atoms with E-state index in [2.05, 4.69) is 31.2 Å². The third-order valence-electron chi connectivity index (χ3n) is 4.30. The summed E-state index contributed by atoms with van der Waals surface area (Å²) in [5, 5.41) is 11.9. The zero-order chi connectivity index (χ0) is 15.5. The number of nitrogens with one attached hydrogen (secondary N) is 1. The van der Waals surface area contributed by atoms with Crippen LogP contribution in [0.1, 0.15) is 27.2 Å². The molecule has 0 radical (unpaired) electrons. The smallest absolute Gasteiger partial charge is 0.337 e. The fourth-order valence-electron chi connectivity index (χ4n) is 3.25. The molecule has 2 aliphatic rings. The van der Waals surface area contributed by atoms with Crippen molar-refractivity contribution in [2.75, 3.05) is 5.32 Å². The van der Waals surface area contributed by atoms with Gasteiger partial charge in [0.1, 0.15) is 5.82 Å². The second-order valence-electron chi connectivity index (χ2n) is 5.57. The lowest BCUT2D eigenvalue weighted by Gasteiger charge is -2.20. The van der Waals surface area contributed by atoms with Crippen molar-refractivity contribution in [3.63, 3.8) is 0 Å². The van der Waals surface area contributed by atoms with Crippen LogP contribution in [-0.4, -0.2) is 27.0 Å². The molecule has 0 fully saturated rings. The molecular weight excluding hydrogens is 350 g/mol. The molecule has 0 bridgehead atoms. The van der Waals surface area contributed by atoms with Crippen LogP contribution in [0.25, 0.3) is 0 Å². The Morgan fingerprint density at radius 2 is 2.09 bits per heavy atom. The highest BCUT2D eigenvalue weighted by Gasteiger charge is 2.51. The summed E-state index contributed by atoms with van der Waals surface area (Å²) in [5.74, 6) is -0.556. The van der Waals surface area contributed by atoms with E-state index in [1.54, 1.807) is 12.3 Å². The molecule has 7 heteroatoms. The largest absolute Gasteiger partial charge is 0.478 e. The van der Waals surface area contributed by atoms with Gasteiger partial charge in [-0.15, -0.1) is 0 Å². The Morgan fingerprint density at radius 1 is 1.27 bits per heavy atom. The predicted octanol–water partition coefficient (Wildman–Crippen LogP) is 1.93. The molecule has 2 aromatic heterocycles. The first-order valence-electron chi connectivity index (χ1n) is 6.68. The van der Waals surface area contributed by atoms with Gasteiger partial charge in [0.2, 0.25) is 5.91 Å². The van der Waals surface area contributed by atoms with Gasteiger partial charge in [0.05, 0.1) is 11.0 Å². The van der Waals surface area contributed by atoms with E-state index in [1.165, 1.54) is 6.20 Å². The van der Waals surface area contributed by atoms with Crippen molar-refractivity contribution in [2.45, 2.75) is 18.3 Å². The first-order chi connectivity index (χ1) is 10.5. The molecule has 0 saturated carbocycles. The van der Waals surface area contributed by atoms with E-state index in [-0.39, 0.29) is 11.5 Å². The molecule has 1 aliphatic carbocycles. The van der Waals surface area contributed by atoms with Gasteiger partial charge in [0, 0.05) is 34.5 Å². The lowest BCUT2D eigenvalue weighted by molar-refractivity contribution is -0.120. The fraction of sp³-hybridized carbons (Fsp3) is 0.200. The number of hydrogen-bond donors (Lipinski definition) is 2. The number of nitrogens with zero attached hydrogens (tertiary/aromatic N) is 2. The average molecular weight is 360 g/mol. The second kappa shape index (κ2) is 4.36. The molecule has 2 N–H and O–H groups in total. The third-order valence-corrected chi connectivity index (χ3v) is 4.74. The van der Waals surface area contributed by atoms with Gasteiger partial charge < -0.3 is 10.4 Å². The van der Waals surface area contributed by atoms with E-state index in [9.17, 15) is 9.59 Å². The predicted molar refractivity (Wildman–Crippen MR) is 80.8 cm³/mol. The molecule has 0 saturated heterocycles. The van der Waals surface area contributed by atoms with E-state index >= 15 is 0 Å². The Morgan fingerprint density at radius 3 is 2.86 bits per heavy atom. The molecule has 22 heavy (non-hydrogen) atoms. The molecule has 3 heterocycles. The number of amides is 1. The number of halogens is 1. The monoisotopic (exact) mass is 359 g/mol. The van der Waals surface area contributed by atoms with Crippen LogP contribution in [0, 0.1) is 0 Å². The van der Waals surface area contributed by atoms with Crippen LogP contribution in [0.4, 0.5) is 5.82 Å². The first kappa shape index (κ1) is 13.4. The number of rotatable bonds is 1. The summed E-state index contributed by atoms with van der Waals surface area (Å²) in [4.78, 5) is 32.1. The van der Waals surface area contributed by atoms with Gasteiger partial charge in [0.25, 0.3) is 0 Å². The van der Waals surface area contributed by atoms with Crippen molar-refractivity contribution in [3.05, 3.63) is 51.4 Å². The van der Waals surface area contributed by atoms with Gasteiger partial charge in [0.15, 0.2) is 0 Å². The third kappa shape index (κ3) is 1.72. The normalized spacial score (nSPS) is 21.6. The standard InChI is InChI=1S/C15H10BrN3O3/c16-9-2-10-12(18-6-9)19-14(22)15(10)3-7-1-8(13(20)21)5-17-11(7)4-15/h1-2,5-6H,3-4H2,(H,20,21)(H,18,19,22)/t15-/m0/s1. The SMILES string of the molecule is O=C(O)c1cnc2c(c1)C[C@@]1(C2)C(=O)Nc2ncc(Br)cc21. The molecule has 1 aliphatic heterocycles. The van der Waals surface area contributed by atoms with Gasteiger partial charge in [-0.25, -0.2) is 9.78 Å². The van der Waals surface area contributed by atoms with Gasteiger partial charge in [-0.3, -0.25) is 9.78 Å². The highest BCUT2D eigenvalue weighted by molar-refractivity contribution is 9.10. The molecule has 2 aromatic rings. The highest BCUT2D eigenvalue weighted by Crippen LogP contribution is 2.46. The summed E-state index contributed by atoms with van der Waals surface area (Å²) in [5.41, 5.74) is 1.82. The zero-order valence-electron chi connectivity index (χ0n) is 11.3. The minimum atomic E-state index is -1.02. The van der Waals surface area contributed by atoms with Crippen molar-refractivity contribution in [3.8, 4) is 0 Å². The molecule has 0 unspecified atom stereocenters. The van der Waals surface area contributed by atoms with E-state index in [4.69, 9.17) is 5.11 Å². The summed E-state index contributed by atoms with van der Waals surface area (Å²) in [7, 11) is 0. The summed E-state index contributed by atoms with van der Waals surface area (Å²) in [6.07, 6.45) is 3.88. The summed E-state index contributed by atoms with van der Waals surface area (Å²) in [6, 6.07) is 3.50. The molecule has 1 spiro atoms. The maximum atomic E-state index is 12.5. The van der Waals surface area contributed by atoms with E-state index in [0.717, 1.165) is 21.3 Å². The number of carbonyl (C=O) groups is 2. The van der Waals surface area contributed by atoms with Crippen LogP contribution in [-0.2, 0) is 23.1 Å². The summed E-state index contributed by atoms with van der Waals surface area (Å²) in [6.45, 7) is 0. The molecule has 1 atom stereocenters. The Kier molecular flexibility index (Phi) is 2.65. The topological polar surface area (TPSA) is 92.2 Å². The Bertz CT molecular complexity index is 852. The number of aromatic nitrogens is 2. The van der Waals surface area contributed by atoms with Crippen LogP contribution in [0.3, 0.4) is 0 Å².